The standard InChI is InChI=1S/C14H25N3O2/c1-4-18-12(10(2)3)13-16-11(19-17-13)9-14(15)7-5-6-8-14/h10,12H,4-9,15H2,1-3H3. The molecule has 1 heterocycles. The highest BCUT2D eigenvalue weighted by Gasteiger charge is 2.32. The fourth-order valence-corrected chi connectivity index (χ4v) is 2.76. The lowest BCUT2D eigenvalue weighted by atomic mass is 9.95. The minimum atomic E-state index is -0.150. The van der Waals surface area contributed by atoms with E-state index in [1.54, 1.807) is 0 Å². The number of rotatable bonds is 6. The van der Waals surface area contributed by atoms with Crippen LogP contribution in [0.3, 0.4) is 0 Å². The lowest BCUT2D eigenvalue weighted by Gasteiger charge is -2.20. The molecule has 1 aromatic heterocycles. The molecule has 0 radical (unpaired) electrons. The zero-order valence-corrected chi connectivity index (χ0v) is 12.2. The van der Waals surface area contributed by atoms with Gasteiger partial charge in [-0.25, -0.2) is 0 Å². The van der Waals surface area contributed by atoms with Gasteiger partial charge in [0.15, 0.2) is 0 Å². The molecule has 1 aromatic rings. The summed E-state index contributed by atoms with van der Waals surface area (Å²) >= 11 is 0. The summed E-state index contributed by atoms with van der Waals surface area (Å²) in [7, 11) is 0. The van der Waals surface area contributed by atoms with E-state index >= 15 is 0 Å². The molecule has 1 saturated carbocycles. The molecule has 1 unspecified atom stereocenters. The van der Waals surface area contributed by atoms with Crippen molar-refractivity contribution >= 4 is 0 Å². The summed E-state index contributed by atoms with van der Waals surface area (Å²) in [4.78, 5) is 4.48. The highest BCUT2D eigenvalue weighted by molar-refractivity contribution is 5.00. The van der Waals surface area contributed by atoms with E-state index in [4.69, 9.17) is 15.0 Å². The van der Waals surface area contributed by atoms with Gasteiger partial charge in [-0.05, 0) is 25.7 Å². The monoisotopic (exact) mass is 267 g/mol. The third kappa shape index (κ3) is 3.54. The number of ether oxygens (including phenoxy) is 1. The SMILES string of the molecule is CCOC(c1noc(CC2(N)CCCC2)n1)C(C)C. The molecule has 5 heteroatoms. The first-order valence-electron chi connectivity index (χ1n) is 7.27. The highest BCUT2D eigenvalue weighted by Crippen LogP contribution is 2.30. The molecule has 2 rings (SSSR count). The molecule has 0 saturated heterocycles. The molecule has 108 valence electrons. The van der Waals surface area contributed by atoms with Crippen LogP contribution in [0.25, 0.3) is 0 Å². The Hall–Kier alpha value is -0.940. The summed E-state index contributed by atoms with van der Waals surface area (Å²) in [6.45, 7) is 6.81. The van der Waals surface area contributed by atoms with E-state index < -0.39 is 0 Å². The van der Waals surface area contributed by atoms with Gasteiger partial charge in [0.25, 0.3) is 0 Å². The van der Waals surface area contributed by atoms with Crippen molar-refractivity contribution in [3.8, 4) is 0 Å². The molecule has 0 bridgehead atoms. The van der Waals surface area contributed by atoms with Crippen LogP contribution in [0.15, 0.2) is 4.52 Å². The molecule has 1 fully saturated rings. The second kappa shape index (κ2) is 6.01. The van der Waals surface area contributed by atoms with Crippen LogP contribution < -0.4 is 5.73 Å². The zero-order valence-electron chi connectivity index (χ0n) is 12.2. The van der Waals surface area contributed by atoms with Gasteiger partial charge in [-0.1, -0.05) is 31.8 Å². The predicted molar refractivity (Wildman–Crippen MR) is 72.6 cm³/mol. The maximum atomic E-state index is 6.34. The zero-order chi connectivity index (χ0) is 13.9. The van der Waals surface area contributed by atoms with Gasteiger partial charge in [0, 0.05) is 18.6 Å². The summed E-state index contributed by atoms with van der Waals surface area (Å²) < 4.78 is 11.0. The predicted octanol–water partition coefficient (Wildman–Crippen LogP) is 2.62. The topological polar surface area (TPSA) is 74.2 Å². The lowest BCUT2D eigenvalue weighted by molar-refractivity contribution is 0.0217. The molecule has 0 aromatic carbocycles. The fourth-order valence-electron chi connectivity index (χ4n) is 2.76. The van der Waals surface area contributed by atoms with Gasteiger partial charge in [0.1, 0.15) is 6.10 Å². The van der Waals surface area contributed by atoms with E-state index in [0.29, 0.717) is 30.7 Å². The van der Waals surface area contributed by atoms with Gasteiger partial charge >= 0.3 is 0 Å². The molecule has 2 N–H and O–H groups in total. The summed E-state index contributed by atoms with van der Waals surface area (Å²) in [6, 6.07) is 0. The van der Waals surface area contributed by atoms with Crippen LogP contribution in [0.1, 0.15) is 64.3 Å². The van der Waals surface area contributed by atoms with Gasteiger partial charge < -0.3 is 15.0 Å². The Labute approximate surface area is 114 Å². The van der Waals surface area contributed by atoms with Crippen LogP contribution in [-0.2, 0) is 11.2 Å². The molecule has 1 aliphatic carbocycles. The largest absolute Gasteiger partial charge is 0.370 e. The molecule has 0 spiro atoms. The number of nitrogens with zero attached hydrogens (tertiary/aromatic N) is 2. The minimum absolute atomic E-state index is 0.0974. The normalized spacial score (nSPS) is 20.1. The highest BCUT2D eigenvalue weighted by atomic mass is 16.5. The summed E-state index contributed by atoms with van der Waals surface area (Å²) in [6.07, 6.45) is 5.07. The smallest absolute Gasteiger partial charge is 0.228 e. The van der Waals surface area contributed by atoms with Crippen LogP contribution in [-0.4, -0.2) is 22.3 Å². The van der Waals surface area contributed by atoms with Gasteiger partial charge in [-0.2, -0.15) is 4.98 Å². The van der Waals surface area contributed by atoms with Crippen molar-refractivity contribution in [3.63, 3.8) is 0 Å². The molecular weight excluding hydrogens is 242 g/mol. The number of aromatic nitrogens is 2. The number of hydrogen-bond acceptors (Lipinski definition) is 5. The Morgan fingerprint density at radius 3 is 2.63 bits per heavy atom. The average Bonchev–Trinajstić information content (AvgIpc) is 2.96. The first-order chi connectivity index (χ1) is 9.04. The molecule has 5 nitrogen and oxygen atoms in total. The van der Waals surface area contributed by atoms with Crippen molar-refractivity contribution in [1.29, 1.82) is 0 Å². The maximum absolute atomic E-state index is 6.34. The summed E-state index contributed by atoms with van der Waals surface area (Å²) in [5.41, 5.74) is 6.19. The van der Waals surface area contributed by atoms with Crippen molar-refractivity contribution in [2.45, 2.75) is 64.5 Å². The van der Waals surface area contributed by atoms with Crippen LogP contribution in [0.4, 0.5) is 0 Å². The van der Waals surface area contributed by atoms with Gasteiger partial charge in [0.2, 0.25) is 11.7 Å². The molecule has 0 aliphatic heterocycles. The van der Waals surface area contributed by atoms with Crippen molar-refractivity contribution in [2.24, 2.45) is 11.7 Å². The Morgan fingerprint density at radius 2 is 2.05 bits per heavy atom. The fraction of sp³-hybridized carbons (Fsp3) is 0.857. The van der Waals surface area contributed by atoms with Gasteiger partial charge in [0.05, 0.1) is 0 Å². The van der Waals surface area contributed by atoms with E-state index in [-0.39, 0.29) is 11.6 Å². The molecular formula is C14H25N3O2. The van der Waals surface area contributed by atoms with E-state index in [2.05, 4.69) is 24.0 Å². The van der Waals surface area contributed by atoms with E-state index in [0.717, 1.165) is 12.8 Å². The summed E-state index contributed by atoms with van der Waals surface area (Å²) in [5, 5.41) is 4.06. The lowest BCUT2D eigenvalue weighted by Crippen LogP contribution is -2.38. The number of hydrogen-bond donors (Lipinski definition) is 1. The molecule has 0 amide bonds. The Bertz CT molecular complexity index is 397. The first-order valence-corrected chi connectivity index (χ1v) is 7.27. The average molecular weight is 267 g/mol. The van der Waals surface area contributed by atoms with Crippen LogP contribution in [0.5, 0.6) is 0 Å². The second-order valence-corrected chi connectivity index (χ2v) is 5.91. The van der Waals surface area contributed by atoms with Crippen molar-refractivity contribution < 1.29 is 9.26 Å². The Balaban J connectivity index is 2.05. The third-order valence-electron chi connectivity index (χ3n) is 3.79. The third-order valence-corrected chi connectivity index (χ3v) is 3.79. The van der Waals surface area contributed by atoms with Crippen LogP contribution >= 0.6 is 0 Å². The maximum Gasteiger partial charge on any atom is 0.228 e. The molecule has 1 aliphatic rings. The minimum Gasteiger partial charge on any atom is -0.370 e. The van der Waals surface area contributed by atoms with E-state index in [9.17, 15) is 0 Å². The Kier molecular flexibility index (Phi) is 4.58. The van der Waals surface area contributed by atoms with Gasteiger partial charge in [-0.3, -0.25) is 0 Å². The first kappa shape index (κ1) is 14.5. The van der Waals surface area contributed by atoms with E-state index in [1.807, 2.05) is 6.92 Å². The summed E-state index contributed by atoms with van der Waals surface area (Å²) in [5.74, 6) is 1.61. The molecule has 1 atom stereocenters. The van der Waals surface area contributed by atoms with Crippen molar-refractivity contribution in [2.75, 3.05) is 6.61 Å². The van der Waals surface area contributed by atoms with E-state index in [1.165, 1.54) is 12.8 Å². The van der Waals surface area contributed by atoms with Gasteiger partial charge in [-0.15, -0.1) is 0 Å². The quantitative estimate of drug-likeness (QED) is 0.857. The van der Waals surface area contributed by atoms with Crippen molar-refractivity contribution in [3.05, 3.63) is 11.7 Å². The van der Waals surface area contributed by atoms with Crippen LogP contribution in [0.2, 0.25) is 0 Å². The second-order valence-electron chi connectivity index (χ2n) is 5.91. The molecule has 19 heavy (non-hydrogen) atoms. The number of nitrogens with two attached hydrogens (primary N) is 1. The van der Waals surface area contributed by atoms with Crippen molar-refractivity contribution in [1.82, 2.24) is 10.1 Å². The Morgan fingerprint density at radius 1 is 1.37 bits per heavy atom. The van der Waals surface area contributed by atoms with Crippen LogP contribution in [0, 0.1) is 5.92 Å².